The molecule has 0 fully saturated rings. The SMILES string of the molecule is [CH2]C1=CCC(=[N+]=[N-])C=C1. The molecule has 0 saturated carbocycles. The van der Waals surface area contributed by atoms with E-state index in [1.54, 1.807) is 6.08 Å². The average molecular weight is 119 g/mol. The van der Waals surface area contributed by atoms with Crippen LogP contribution in [-0.2, 0) is 0 Å². The normalized spacial score (nSPS) is 17.0. The molecule has 2 nitrogen and oxygen atoms in total. The Kier molecular flexibility index (Phi) is 1.61. The molecule has 0 atom stereocenters. The van der Waals surface area contributed by atoms with Gasteiger partial charge in [0.25, 0.3) is 5.71 Å². The summed E-state index contributed by atoms with van der Waals surface area (Å²) < 4.78 is 0. The molecule has 0 spiro atoms. The lowest BCUT2D eigenvalue weighted by Gasteiger charge is -1.93. The maximum absolute atomic E-state index is 8.26. The Bertz CT molecular complexity index is 217. The Morgan fingerprint density at radius 2 is 2.33 bits per heavy atom. The third-order valence-electron chi connectivity index (χ3n) is 1.19. The van der Waals surface area contributed by atoms with Crippen molar-refractivity contribution in [3.05, 3.63) is 36.3 Å². The van der Waals surface area contributed by atoms with E-state index in [0.717, 1.165) is 5.57 Å². The highest BCUT2D eigenvalue weighted by molar-refractivity contribution is 5.93. The van der Waals surface area contributed by atoms with Gasteiger partial charge in [-0.2, -0.15) is 4.79 Å². The summed E-state index contributed by atoms with van der Waals surface area (Å²) in [7, 11) is 0. The fraction of sp³-hybridized carbons (Fsp3) is 0.143. The third-order valence-corrected chi connectivity index (χ3v) is 1.19. The fourth-order valence-corrected chi connectivity index (χ4v) is 0.649. The Morgan fingerprint density at radius 1 is 1.56 bits per heavy atom. The molecule has 0 amide bonds. The van der Waals surface area contributed by atoms with Crippen molar-refractivity contribution >= 4 is 5.71 Å². The van der Waals surface area contributed by atoms with Crippen LogP contribution in [0.15, 0.2) is 23.8 Å². The van der Waals surface area contributed by atoms with Crippen LogP contribution >= 0.6 is 0 Å². The number of allylic oxidation sites excluding steroid dienone is 4. The summed E-state index contributed by atoms with van der Waals surface area (Å²) in [6.45, 7) is 3.70. The van der Waals surface area contributed by atoms with Crippen LogP contribution < -0.4 is 0 Å². The summed E-state index contributed by atoms with van der Waals surface area (Å²) in [5, 5.41) is 0. The van der Waals surface area contributed by atoms with Gasteiger partial charge in [0.05, 0.1) is 6.42 Å². The predicted molar refractivity (Wildman–Crippen MR) is 35.8 cm³/mol. The Balaban J connectivity index is 2.81. The molecule has 1 rings (SSSR count). The van der Waals surface area contributed by atoms with Gasteiger partial charge in [0, 0.05) is 6.08 Å². The second-order valence-corrected chi connectivity index (χ2v) is 1.91. The van der Waals surface area contributed by atoms with E-state index < -0.39 is 0 Å². The van der Waals surface area contributed by atoms with E-state index in [-0.39, 0.29) is 0 Å². The quantitative estimate of drug-likeness (QED) is 0.341. The van der Waals surface area contributed by atoms with Crippen molar-refractivity contribution in [3.8, 4) is 0 Å². The first-order valence-electron chi connectivity index (χ1n) is 2.74. The van der Waals surface area contributed by atoms with Gasteiger partial charge in [-0.3, -0.25) is 0 Å². The standard InChI is InChI=1S/C7H7N2/c1-6-2-4-7(9-8)5-3-6/h2-4H,1,5H2. The highest BCUT2D eigenvalue weighted by Crippen LogP contribution is 2.04. The molecule has 0 N–H and O–H groups in total. The van der Waals surface area contributed by atoms with Gasteiger partial charge in [-0.25, -0.2) is 0 Å². The number of hydrogen-bond donors (Lipinski definition) is 0. The Hall–Kier alpha value is -1.14. The minimum absolute atomic E-state index is 0.683. The van der Waals surface area contributed by atoms with Gasteiger partial charge in [0.15, 0.2) is 0 Å². The zero-order valence-corrected chi connectivity index (χ0v) is 5.04. The zero-order valence-electron chi connectivity index (χ0n) is 5.04. The van der Waals surface area contributed by atoms with Gasteiger partial charge in [0.1, 0.15) is 0 Å². The first-order chi connectivity index (χ1) is 4.33. The average Bonchev–Trinajstić information content (AvgIpc) is 1.90. The van der Waals surface area contributed by atoms with E-state index in [9.17, 15) is 0 Å². The molecule has 0 aliphatic heterocycles. The third kappa shape index (κ3) is 1.37. The summed E-state index contributed by atoms with van der Waals surface area (Å²) in [6.07, 6.45) is 6.17. The summed E-state index contributed by atoms with van der Waals surface area (Å²) >= 11 is 0. The Labute approximate surface area is 54.1 Å². The van der Waals surface area contributed by atoms with Gasteiger partial charge in [-0.15, -0.1) is 0 Å². The molecule has 0 saturated heterocycles. The molecule has 0 aromatic carbocycles. The molecule has 0 aromatic rings. The van der Waals surface area contributed by atoms with Crippen molar-refractivity contribution < 1.29 is 4.79 Å². The summed E-state index contributed by atoms with van der Waals surface area (Å²) in [5.74, 6) is 0. The van der Waals surface area contributed by atoms with E-state index in [4.69, 9.17) is 5.53 Å². The monoisotopic (exact) mass is 119 g/mol. The highest BCUT2D eigenvalue weighted by Gasteiger charge is 2.03. The molecule has 45 valence electrons. The van der Waals surface area contributed by atoms with Crippen molar-refractivity contribution in [2.45, 2.75) is 6.42 Å². The molecule has 0 unspecified atom stereocenters. The maximum atomic E-state index is 8.26. The van der Waals surface area contributed by atoms with Gasteiger partial charge >= 0.3 is 0 Å². The van der Waals surface area contributed by atoms with Crippen molar-refractivity contribution in [3.63, 3.8) is 0 Å². The van der Waals surface area contributed by atoms with Gasteiger partial charge in [0.2, 0.25) is 0 Å². The zero-order chi connectivity index (χ0) is 6.69. The van der Waals surface area contributed by atoms with Crippen LogP contribution in [0.5, 0.6) is 0 Å². The number of rotatable bonds is 0. The molecule has 2 heteroatoms. The van der Waals surface area contributed by atoms with Crippen LogP contribution in [0.4, 0.5) is 0 Å². The first-order valence-corrected chi connectivity index (χ1v) is 2.74. The smallest absolute Gasteiger partial charge is 0.295 e. The van der Waals surface area contributed by atoms with Crippen molar-refractivity contribution in [2.75, 3.05) is 0 Å². The minimum Gasteiger partial charge on any atom is -0.361 e. The molecular weight excluding hydrogens is 112 g/mol. The van der Waals surface area contributed by atoms with Crippen molar-refractivity contribution in [1.82, 2.24) is 0 Å². The predicted octanol–water partition coefficient (Wildman–Crippen LogP) is 1.38. The fourth-order valence-electron chi connectivity index (χ4n) is 0.649. The largest absolute Gasteiger partial charge is 0.361 e. The first kappa shape index (κ1) is 5.99. The molecule has 0 bridgehead atoms. The molecule has 0 aromatic heterocycles. The second-order valence-electron chi connectivity index (χ2n) is 1.91. The van der Waals surface area contributed by atoms with Crippen LogP contribution in [0.1, 0.15) is 6.42 Å². The molecule has 9 heavy (non-hydrogen) atoms. The number of nitrogens with zero attached hydrogens (tertiary/aromatic N) is 2. The molecular formula is C7H7N2. The van der Waals surface area contributed by atoms with E-state index in [1.807, 2.05) is 12.2 Å². The van der Waals surface area contributed by atoms with E-state index in [2.05, 4.69) is 11.7 Å². The van der Waals surface area contributed by atoms with Crippen LogP contribution in [0.2, 0.25) is 0 Å². The van der Waals surface area contributed by atoms with E-state index >= 15 is 0 Å². The molecule has 1 radical (unpaired) electrons. The maximum Gasteiger partial charge on any atom is 0.295 e. The van der Waals surface area contributed by atoms with Crippen LogP contribution in [-0.4, -0.2) is 10.5 Å². The summed E-state index contributed by atoms with van der Waals surface area (Å²) in [5.41, 5.74) is 9.92. The van der Waals surface area contributed by atoms with E-state index in [0.29, 0.717) is 12.1 Å². The molecule has 1 aliphatic rings. The lowest BCUT2D eigenvalue weighted by molar-refractivity contribution is -0.00539. The summed E-state index contributed by atoms with van der Waals surface area (Å²) in [6, 6.07) is 0. The van der Waals surface area contributed by atoms with Crippen LogP contribution in [0.25, 0.3) is 5.53 Å². The second kappa shape index (κ2) is 2.42. The van der Waals surface area contributed by atoms with E-state index in [1.165, 1.54) is 0 Å². The van der Waals surface area contributed by atoms with Gasteiger partial charge in [-0.05, 0) is 6.92 Å². The summed E-state index contributed by atoms with van der Waals surface area (Å²) in [4.78, 5) is 3.04. The topological polar surface area (TPSA) is 36.4 Å². The Morgan fingerprint density at radius 3 is 2.78 bits per heavy atom. The number of hydrogen-bond acceptors (Lipinski definition) is 0. The lowest BCUT2D eigenvalue weighted by atomic mass is 10.1. The van der Waals surface area contributed by atoms with Gasteiger partial charge in [-0.1, -0.05) is 17.7 Å². The lowest BCUT2D eigenvalue weighted by Crippen LogP contribution is -1.96. The van der Waals surface area contributed by atoms with Crippen LogP contribution in [0, 0.1) is 6.92 Å². The highest BCUT2D eigenvalue weighted by atomic mass is 14.8. The molecule has 0 heterocycles. The van der Waals surface area contributed by atoms with Crippen molar-refractivity contribution in [1.29, 1.82) is 0 Å². The minimum atomic E-state index is 0.683. The van der Waals surface area contributed by atoms with Crippen LogP contribution in [0.3, 0.4) is 0 Å². The van der Waals surface area contributed by atoms with Gasteiger partial charge < -0.3 is 5.53 Å². The molecule has 1 aliphatic carbocycles. The van der Waals surface area contributed by atoms with Crippen molar-refractivity contribution in [2.24, 2.45) is 0 Å².